The Hall–Kier alpha value is -2.41. The van der Waals surface area contributed by atoms with E-state index in [1.54, 1.807) is 5.38 Å². The molecule has 25 heavy (non-hydrogen) atoms. The lowest BCUT2D eigenvalue weighted by Crippen LogP contribution is -2.46. The van der Waals surface area contributed by atoms with Gasteiger partial charge in [-0.1, -0.05) is 0 Å². The molecule has 132 valence electrons. The predicted octanol–water partition coefficient (Wildman–Crippen LogP) is 3.19. The average Bonchev–Trinajstić information content (AvgIpc) is 3.00. The van der Waals surface area contributed by atoms with Gasteiger partial charge in [-0.05, 0) is 51.0 Å². The van der Waals surface area contributed by atoms with E-state index in [9.17, 15) is 9.59 Å². The number of rotatable bonds is 6. The molecule has 0 bridgehead atoms. The molecule has 1 saturated carbocycles. The van der Waals surface area contributed by atoms with Crippen LogP contribution in [0.5, 0.6) is 5.75 Å². The number of carbonyl (C=O) groups is 2. The Labute approximate surface area is 149 Å². The van der Waals surface area contributed by atoms with Crippen molar-refractivity contribution < 1.29 is 19.4 Å². The highest BCUT2D eigenvalue weighted by Crippen LogP contribution is 2.29. The van der Waals surface area contributed by atoms with E-state index in [1.807, 2.05) is 38.1 Å². The molecule has 1 heterocycles. The van der Waals surface area contributed by atoms with E-state index in [1.165, 1.54) is 11.3 Å². The van der Waals surface area contributed by atoms with Crippen molar-refractivity contribution >= 4 is 23.2 Å². The Kier molecular flexibility index (Phi) is 5.03. The highest BCUT2D eigenvalue weighted by molar-refractivity contribution is 7.13. The minimum absolute atomic E-state index is 0.0776. The maximum absolute atomic E-state index is 12.2. The van der Waals surface area contributed by atoms with Gasteiger partial charge in [0.1, 0.15) is 16.5 Å². The second kappa shape index (κ2) is 7.23. The molecule has 6 nitrogen and oxygen atoms in total. The first-order chi connectivity index (χ1) is 11.9. The molecule has 0 spiro atoms. The Morgan fingerprint density at radius 3 is 2.56 bits per heavy atom. The summed E-state index contributed by atoms with van der Waals surface area (Å²) in [7, 11) is 0. The summed E-state index contributed by atoms with van der Waals surface area (Å²) >= 11 is 1.40. The smallest absolute Gasteiger partial charge is 0.306 e. The van der Waals surface area contributed by atoms with E-state index in [0.29, 0.717) is 18.5 Å². The minimum atomic E-state index is -0.800. The molecule has 0 saturated heterocycles. The first-order valence-electron chi connectivity index (χ1n) is 8.18. The molecule has 1 aromatic carbocycles. The number of ether oxygens (including phenoxy) is 1. The van der Waals surface area contributed by atoms with Crippen LogP contribution in [0.25, 0.3) is 10.6 Å². The Bertz CT molecular complexity index is 764. The fraction of sp³-hybridized carbons (Fsp3) is 0.389. The summed E-state index contributed by atoms with van der Waals surface area (Å²) < 4.78 is 5.61. The number of benzene rings is 1. The minimum Gasteiger partial charge on any atom is -0.491 e. The van der Waals surface area contributed by atoms with Crippen LogP contribution < -0.4 is 10.1 Å². The van der Waals surface area contributed by atoms with Gasteiger partial charge in [0.15, 0.2) is 0 Å². The molecular weight excluding hydrogens is 340 g/mol. The highest BCUT2D eigenvalue weighted by atomic mass is 32.1. The summed E-state index contributed by atoms with van der Waals surface area (Å²) in [6.45, 7) is 3.95. The zero-order chi connectivity index (χ0) is 18.0. The van der Waals surface area contributed by atoms with Crippen LogP contribution in [0.4, 0.5) is 0 Å². The van der Waals surface area contributed by atoms with E-state index in [0.717, 1.165) is 16.3 Å². The lowest BCUT2D eigenvalue weighted by molar-refractivity contribution is -0.145. The molecular formula is C18H20N2O4S. The van der Waals surface area contributed by atoms with Gasteiger partial charge in [-0.3, -0.25) is 9.59 Å². The van der Waals surface area contributed by atoms with E-state index >= 15 is 0 Å². The molecule has 1 aliphatic carbocycles. The second-order valence-electron chi connectivity index (χ2n) is 6.41. The van der Waals surface area contributed by atoms with Gasteiger partial charge in [0.25, 0.3) is 5.91 Å². The maximum atomic E-state index is 12.2. The first kappa shape index (κ1) is 17.4. The number of hydrogen-bond acceptors (Lipinski definition) is 5. The number of nitrogens with one attached hydrogen (secondary N) is 1. The van der Waals surface area contributed by atoms with Crippen molar-refractivity contribution in [2.45, 2.75) is 38.8 Å². The normalized spacial score (nSPS) is 19.3. The van der Waals surface area contributed by atoms with Gasteiger partial charge < -0.3 is 15.2 Å². The van der Waals surface area contributed by atoms with E-state index in [2.05, 4.69) is 10.3 Å². The number of carboxylic acid groups (broad SMARTS) is 1. The van der Waals surface area contributed by atoms with Crippen molar-refractivity contribution in [2.75, 3.05) is 0 Å². The van der Waals surface area contributed by atoms with Gasteiger partial charge >= 0.3 is 5.97 Å². The topological polar surface area (TPSA) is 88.5 Å². The third-order valence-corrected chi connectivity index (χ3v) is 4.92. The van der Waals surface area contributed by atoms with Crippen molar-refractivity contribution in [1.29, 1.82) is 0 Å². The summed E-state index contributed by atoms with van der Waals surface area (Å²) in [6.07, 6.45) is 1.08. The largest absolute Gasteiger partial charge is 0.491 e. The number of aromatic nitrogens is 1. The molecule has 0 radical (unpaired) electrons. The zero-order valence-electron chi connectivity index (χ0n) is 14.1. The van der Waals surface area contributed by atoms with Crippen LogP contribution in [-0.4, -0.2) is 34.1 Å². The number of amides is 1. The summed E-state index contributed by atoms with van der Waals surface area (Å²) in [5.74, 6) is -0.600. The van der Waals surface area contributed by atoms with Gasteiger partial charge in [0, 0.05) is 17.0 Å². The third-order valence-electron chi connectivity index (χ3n) is 4.03. The first-order valence-corrected chi connectivity index (χ1v) is 9.06. The van der Waals surface area contributed by atoms with Gasteiger partial charge in [-0.25, -0.2) is 4.98 Å². The monoisotopic (exact) mass is 360 g/mol. The van der Waals surface area contributed by atoms with E-state index < -0.39 is 5.97 Å². The molecule has 7 heteroatoms. The molecule has 2 aromatic rings. The predicted molar refractivity (Wildman–Crippen MR) is 94.9 cm³/mol. The quantitative estimate of drug-likeness (QED) is 0.826. The molecule has 0 aliphatic heterocycles. The lowest BCUT2D eigenvalue weighted by Gasteiger charge is -2.32. The van der Waals surface area contributed by atoms with Crippen molar-refractivity contribution in [3.63, 3.8) is 0 Å². The van der Waals surface area contributed by atoms with Gasteiger partial charge in [0.2, 0.25) is 0 Å². The van der Waals surface area contributed by atoms with Crippen LogP contribution in [-0.2, 0) is 4.79 Å². The lowest BCUT2D eigenvalue weighted by atomic mass is 9.80. The number of carbonyl (C=O) groups excluding carboxylic acids is 1. The fourth-order valence-corrected chi connectivity index (χ4v) is 3.46. The Morgan fingerprint density at radius 1 is 1.28 bits per heavy atom. The molecule has 2 N–H and O–H groups in total. The van der Waals surface area contributed by atoms with Crippen LogP contribution in [0.2, 0.25) is 0 Å². The highest BCUT2D eigenvalue weighted by Gasteiger charge is 2.35. The van der Waals surface area contributed by atoms with Gasteiger partial charge in [0.05, 0.1) is 12.0 Å². The van der Waals surface area contributed by atoms with E-state index in [-0.39, 0.29) is 24.0 Å². The molecule has 0 atom stereocenters. The van der Waals surface area contributed by atoms with Crippen molar-refractivity contribution in [3.8, 4) is 16.3 Å². The van der Waals surface area contributed by atoms with Crippen LogP contribution in [0, 0.1) is 5.92 Å². The molecule has 3 rings (SSSR count). The van der Waals surface area contributed by atoms with Gasteiger partial charge in [-0.2, -0.15) is 0 Å². The molecule has 1 aliphatic rings. The molecule has 1 aromatic heterocycles. The fourth-order valence-electron chi connectivity index (χ4n) is 2.66. The van der Waals surface area contributed by atoms with Gasteiger partial charge in [-0.15, -0.1) is 11.3 Å². The summed E-state index contributed by atoms with van der Waals surface area (Å²) in [5, 5.41) is 14.2. The summed E-state index contributed by atoms with van der Waals surface area (Å²) in [4.78, 5) is 27.4. The van der Waals surface area contributed by atoms with Crippen molar-refractivity contribution in [1.82, 2.24) is 10.3 Å². The average molecular weight is 360 g/mol. The molecule has 1 fully saturated rings. The zero-order valence-corrected chi connectivity index (χ0v) is 14.9. The van der Waals surface area contributed by atoms with E-state index in [4.69, 9.17) is 9.84 Å². The van der Waals surface area contributed by atoms with Crippen molar-refractivity contribution in [3.05, 3.63) is 35.3 Å². The number of carboxylic acids is 1. The van der Waals surface area contributed by atoms with Crippen molar-refractivity contribution in [2.24, 2.45) is 5.92 Å². The number of hydrogen-bond donors (Lipinski definition) is 2. The maximum Gasteiger partial charge on any atom is 0.306 e. The molecule has 1 amide bonds. The molecule has 0 unspecified atom stereocenters. The number of thiazole rings is 1. The van der Waals surface area contributed by atoms with Crippen LogP contribution in [0.1, 0.15) is 37.2 Å². The standard InChI is InChI=1S/C18H20N2O4S/c1-10(2)24-14-5-3-11(4-6-14)17-20-15(9-25-17)16(21)19-13-7-12(8-13)18(22)23/h3-6,9-10,12-13H,7-8H2,1-2H3,(H,19,21)(H,22,23). The number of aliphatic carboxylic acids is 1. The second-order valence-corrected chi connectivity index (χ2v) is 7.26. The van der Waals surface area contributed by atoms with Crippen LogP contribution in [0.3, 0.4) is 0 Å². The third kappa shape index (κ3) is 4.17. The number of nitrogens with zero attached hydrogens (tertiary/aromatic N) is 1. The SMILES string of the molecule is CC(C)Oc1ccc(-c2nc(C(=O)NC3CC(C(=O)O)C3)cs2)cc1. The van der Waals surface area contributed by atoms with Crippen LogP contribution >= 0.6 is 11.3 Å². The summed E-state index contributed by atoms with van der Waals surface area (Å²) in [5.41, 5.74) is 1.29. The Balaban J connectivity index is 1.60. The summed E-state index contributed by atoms with van der Waals surface area (Å²) in [6, 6.07) is 7.53. The van der Waals surface area contributed by atoms with Crippen LogP contribution in [0.15, 0.2) is 29.6 Å². The Morgan fingerprint density at radius 2 is 1.96 bits per heavy atom.